The number of alkyl halides is 3. The SMILES string of the molecule is FC(F)(F)c1nnc2ccc(N3CCN(Cc4csc(-c5ccsc5)n4)CC3)nn12. The Bertz CT molecular complexity index is 1140. The van der Waals surface area contributed by atoms with Gasteiger partial charge in [-0.2, -0.15) is 29.0 Å². The summed E-state index contributed by atoms with van der Waals surface area (Å²) in [4.78, 5) is 8.99. The predicted molar refractivity (Wildman–Crippen MR) is 109 cm³/mol. The van der Waals surface area contributed by atoms with Gasteiger partial charge in [0.05, 0.1) is 5.69 Å². The van der Waals surface area contributed by atoms with E-state index in [1.807, 2.05) is 10.3 Å². The molecular formula is C18H16F3N7S2. The molecule has 5 heterocycles. The van der Waals surface area contributed by atoms with E-state index in [1.165, 1.54) is 6.07 Å². The van der Waals surface area contributed by atoms with E-state index in [1.54, 1.807) is 28.7 Å². The second-order valence-electron chi connectivity index (χ2n) is 6.90. The highest BCUT2D eigenvalue weighted by Gasteiger charge is 2.37. The van der Waals surface area contributed by atoms with Gasteiger partial charge in [0.25, 0.3) is 5.82 Å². The van der Waals surface area contributed by atoms with Crippen molar-refractivity contribution >= 4 is 34.1 Å². The predicted octanol–water partition coefficient (Wildman–Crippen LogP) is 3.65. The number of piperazine rings is 1. The monoisotopic (exact) mass is 451 g/mol. The molecule has 156 valence electrons. The molecule has 0 amide bonds. The summed E-state index contributed by atoms with van der Waals surface area (Å²) in [7, 11) is 0. The van der Waals surface area contributed by atoms with E-state index in [4.69, 9.17) is 4.98 Å². The zero-order chi connectivity index (χ0) is 20.7. The zero-order valence-electron chi connectivity index (χ0n) is 15.6. The normalized spacial score (nSPS) is 15.9. The molecule has 7 nitrogen and oxygen atoms in total. The Hall–Kier alpha value is -2.57. The van der Waals surface area contributed by atoms with Crippen molar-refractivity contribution in [3.63, 3.8) is 0 Å². The minimum atomic E-state index is -4.60. The molecular weight excluding hydrogens is 435 g/mol. The van der Waals surface area contributed by atoms with E-state index < -0.39 is 12.0 Å². The maximum atomic E-state index is 13.1. The minimum Gasteiger partial charge on any atom is -0.353 e. The lowest BCUT2D eigenvalue weighted by Gasteiger charge is -2.34. The molecule has 0 aliphatic carbocycles. The second kappa shape index (κ2) is 7.60. The van der Waals surface area contributed by atoms with Crippen molar-refractivity contribution in [2.24, 2.45) is 0 Å². The Morgan fingerprint density at radius 2 is 1.83 bits per heavy atom. The Kier molecular flexibility index (Phi) is 4.91. The fourth-order valence-electron chi connectivity index (χ4n) is 3.39. The molecule has 0 N–H and O–H groups in total. The number of anilines is 1. The van der Waals surface area contributed by atoms with Crippen molar-refractivity contribution in [3.8, 4) is 10.6 Å². The Labute approximate surface area is 177 Å². The van der Waals surface area contributed by atoms with E-state index in [9.17, 15) is 13.2 Å². The number of thiazole rings is 1. The fourth-order valence-corrected chi connectivity index (χ4v) is 4.91. The fraction of sp³-hybridized carbons (Fsp3) is 0.333. The highest BCUT2D eigenvalue weighted by Crippen LogP contribution is 2.28. The third kappa shape index (κ3) is 3.77. The molecule has 1 aliphatic rings. The van der Waals surface area contributed by atoms with Gasteiger partial charge >= 0.3 is 6.18 Å². The Morgan fingerprint density at radius 3 is 2.57 bits per heavy atom. The number of fused-ring (bicyclic) bond motifs is 1. The van der Waals surface area contributed by atoms with E-state index in [-0.39, 0.29) is 5.65 Å². The van der Waals surface area contributed by atoms with E-state index in [2.05, 4.69) is 37.0 Å². The molecule has 5 rings (SSSR count). The number of thiophene rings is 1. The molecule has 0 bridgehead atoms. The molecule has 1 aliphatic heterocycles. The smallest absolute Gasteiger partial charge is 0.353 e. The van der Waals surface area contributed by atoms with Crippen LogP contribution < -0.4 is 4.90 Å². The van der Waals surface area contributed by atoms with Gasteiger partial charge in [-0.3, -0.25) is 4.90 Å². The quantitative estimate of drug-likeness (QED) is 0.472. The lowest BCUT2D eigenvalue weighted by molar-refractivity contribution is -0.146. The van der Waals surface area contributed by atoms with E-state index in [0.29, 0.717) is 18.9 Å². The van der Waals surface area contributed by atoms with E-state index in [0.717, 1.165) is 40.4 Å². The van der Waals surface area contributed by atoms with Crippen LogP contribution in [0.1, 0.15) is 11.5 Å². The van der Waals surface area contributed by atoms with Gasteiger partial charge in [0.15, 0.2) is 5.65 Å². The molecule has 0 saturated carbocycles. The van der Waals surface area contributed by atoms with Crippen LogP contribution in [0.2, 0.25) is 0 Å². The van der Waals surface area contributed by atoms with Crippen LogP contribution >= 0.6 is 22.7 Å². The molecule has 0 spiro atoms. The van der Waals surface area contributed by atoms with Gasteiger partial charge in [0.1, 0.15) is 10.8 Å². The summed E-state index contributed by atoms with van der Waals surface area (Å²) in [6.45, 7) is 3.65. The molecule has 0 unspecified atom stereocenters. The van der Waals surface area contributed by atoms with Crippen LogP contribution in [0.25, 0.3) is 16.2 Å². The molecule has 0 radical (unpaired) electrons. The van der Waals surface area contributed by atoms with Crippen LogP contribution in [0.15, 0.2) is 34.3 Å². The summed E-state index contributed by atoms with van der Waals surface area (Å²) in [5.74, 6) is -0.621. The number of nitrogens with zero attached hydrogens (tertiary/aromatic N) is 7. The van der Waals surface area contributed by atoms with Gasteiger partial charge in [-0.25, -0.2) is 4.98 Å². The van der Waals surface area contributed by atoms with Crippen LogP contribution in [-0.2, 0) is 12.7 Å². The van der Waals surface area contributed by atoms with Gasteiger partial charge in [0.2, 0.25) is 0 Å². The first-order valence-corrected chi connectivity index (χ1v) is 11.0. The Morgan fingerprint density at radius 1 is 1.00 bits per heavy atom. The molecule has 4 aromatic rings. The average Bonchev–Trinajstić information content (AvgIpc) is 3.47. The van der Waals surface area contributed by atoms with Crippen LogP contribution in [0.5, 0.6) is 0 Å². The standard InChI is InChI=1S/C18H16F3N7S2/c19-18(20,21)17-24-23-14-1-2-15(25-28(14)17)27-6-4-26(5-7-27)9-13-11-30-16(22-13)12-3-8-29-10-12/h1-3,8,10-11H,4-7,9H2. The second-order valence-corrected chi connectivity index (χ2v) is 8.54. The van der Waals surface area contributed by atoms with Gasteiger partial charge < -0.3 is 4.90 Å². The molecule has 4 aromatic heterocycles. The highest BCUT2D eigenvalue weighted by molar-refractivity contribution is 7.14. The third-order valence-corrected chi connectivity index (χ3v) is 6.53. The largest absolute Gasteiger partial charge is 0.453 e. The maximum absolute atomic E-state index is 13.1. The zero-order valence-corrected chi connectivity index (χ0v) is 17.2. The topological polar surface area (TPSA) is 62.5 Å². The molecule has 0 aromatic carbocycles. The molecule has 12 heteroatoms. The average molecular weight is 452 g/mol. The highest BCUT2D eigenvalue weighted by atomic mass is 32.1. The summed E-state index contributed by atoms with van der Waals surface area (Å²) >= 11 is 3.29. The lowest BCUT2D eigenvalue weighted by atomic mass is 10.3. The third-order valence-electron chi connectivity index (χ3n) is 4.90. The summed E-state index contributed by atoms with van der Waals surface area (Å²) in [6.07, 6.45) is -4.60. The first kappa shape index (κ1) is 19.4. The van der Waals surface area contributed by atoms with Gasteiger partial charge in [-0.15, -0.1) is 26.6 Å². The number of rotatable bonds is 4. The lowest BCUT2D eigenvalue weighted by Crippen LogP contribution is -2.46. The minimum absolute atomic E-state index is 0.0784. The number of hydrogen-bond donors (Lipinski definition) is 0. The molecule has 30 heavy (non-hydrogen) atoms. The molecule has 1 saturated heterocycles. The van der Waals surface area contributed by atoms with Crippen LogP contribution in [0, 0.1) is 0 Å². The van der Waals surface area contributed by atoms with Crippen molar-refractivity contribution < 1.29 is 13.2 Å². The first-order chi connectivity index (χ1) is 14.5. The molecule has 1 fully saturated rings. The summed E-state index contributed by atoms with van der Waals surface area (Å²) in [5.41, 5.74) is 2.26. The van der Waals surface area contributed by atoms with Crippen molar-refractivity contribution in [1.29, 1.82) is 0 Å². The summed E-state index contributed by atoms with van der Waals surface area (Å²) < 4.78 is 40.0. The van der Waals surface area contributed by atoms with Crippen LogP contribution in [0.3, 0.4) is 0 Å². The van der Waals surface area contributed by atoms with Gasteiger partial charge in [-0.1, -0.05) is 0 Å². The van der Waals surface area contributed by atoms with E-state index >= 15 is 0 Å². The number of aromatic nitrogens is 5. The van der Waals surface area contributed by atoms with Crippen molar-refractivity contribution in [3.05, 3.63) is 45.9 Å². The van der Waals surface area contributed by atoms with Crippen LogP contribution in [-0.4, -0.2) is 55.9 Å². The van der Waals surface area contributed by atoms with Crippen LogP contribution in [0.4, 0.5) is 19.0 Å². The summed E-state index contributed by atoms with van der Waals surface area (Å²) in [5, 5.41) is 18.1. The van der Waals surface area contributed by atoms with Gasteiger partial charge in [-0.05, 0) is 23.6 Å². The molecule has 0 atom stereocenters. The van der Waals surface area contributed by atoms with Crippen molar-refractivity contribution in [1.82, 2.24) is 29.7 Å². The van der Waals surface area contributed by atoms with Crippen molar-refractivity contribution in [2.75, 3.05) is 31.1 Å². The number of hydrogen-bond acceptors (Lipinski definition) is 8. The maximum Gasteiger partial charge on any atom is 0.453 e. The Balaban J connectivity index is 1.25. The van der Waals surface area contributed by atoms with Gasteiger partial charge in [0, 0.05) is 49.0 Å². The number of halogens is 3. The van der Waals surface area contributed by atoms with Crippen molar-refractivity contribution in [2.45, 2.75) is 12.7 Å². The first-order valence-electron chi connectivity index (χ1n) is 9.21. The summed E-state index contributed by atoms with van der Waals surface area (Å²) in [6, 6.07) is 5.27.